The topological polar surface area (TPSA) is 95.9 Å². The standard InChI is InChI=1S/C4H10NO5P/c1-3(2)4(6)5-10-11(7,8)9/h3H,1-2H3,(H,5,6)(H2,7,8,9). The summed E-state index contributed by atoms with van der Waals surface area (Å²) in [6, 6.07) is 0. The largest absolute Gasteiger partial charge is 0.491 e. The number of carbonyl (C=O) groups is 1. The summed E-state index contributed by atoms with van der Waals surface area (Å²) >= 11 is 0. The average molecular weight is 183 g/mol. The normalized spacial score (nSPS) is 11.7. The molecule has 0 saturated heterocycles. The van der Waals surface area contributed by atoms with Gasteiger partial charge in [-0.2, -0.15) is 4.62 Å². The van der Waals surface area contributed by atoms with Gasteiger partial charge in [-0.15, -0.1) is 0 Å². The highest BCUT2D eigenvalue weighted by Crippen LogP contribution is 2.33. The molecule has 6 nitrogen and oxygen atoms in total. The second-order valence-electron chi connectivity index (χ2n) is 2.20. The van der Waals surface area contributed by atoms with Gasteiger partial charge in [0.15, 0.2) is 0 Å². The summed E-state index contributed by atoms with van der Waals surface area (Å²) in [5.74, 6) is -0.949. The highest BCUT2D eigenvalue weighted by Gasteiger charge is 2.17. The molecule has 0 heterocycles. The quantitative estimate of drug-likeness (QED) is 0.415. The predicted molar refractivity (Wildman–Crippen MR) is 36.1 cm³/mol. The lowest BCUT2D eigenvalue weighted by molar-refractivity contribution is -0.131. The molecule has 0 rings (SSSR count). The second-order valence-corrected chi connectivity index (χ2v) is 3.37. The molecule has 0 aromatic heterocycles. The lowest BCUT2D eigenvalue weighted by atomic mass is 10.2. The Morgan fingerprint density at radius 2 is 2.00 bits per heavy atom. The van der Waals surface area contributed by atoms with Crippen LogP contribution in [0.2, 0.25) is 0 Å². The van der Waals surface area contributed by atoms with Crippen molar-refractivity contribution in [2.24, 2.45) is 5.92 Å². The molecule has 0 aliphatic carbocycles. The maximum atomic E-state index is 10.6. The first-order valence-electron chi connectivity index (χ1n) is 2.87. The van der Waals surface area contributed by atoms with E-state index in [2.05, 4.69) is 4.62 Å². The monoisotopic (exact) mass is 183 g/mol. The van der Waals surface area contributed by atoms with Crippen LogP contribution in [-0.4, -0.2) is 15.7 Å². The average Bonchev–Trinajstić information content (AvgIpc) is 1.80. The molecule has 1 amide bonds. The molecule has 0 atom stereocenters. The minimum Gasteiger partial charge on any atom is -0.301 e. The number of phosphoric acid groups is 1. The summed E-state index contributed by atoms with van der Waals surface area (Å²) in [7, 11) is -4.59. The summed E-state index contributed by atoms with van der Waals surface area (Å²) in [4.78, 5) is 26.9. The third-order valence-corrected chi connectivity index (χ3v) is 1.12. The molecule has 0 fully saturated rings. The lowest BCUT2D eigenvalue weighted by Crippen LogP contribution is -2.26. The van der Waals surface area contributed by atoms with Crippen molar-refractivity contribution in [3.8, 4) is 0 Å². The Hall–Kier alpha value is -0.420. The van der Waals surface area contributed by atoms with E-state index in [4.69, 9.17) is 9.79 Å². The first-order chi connectivity index (χ1) is 4.83. The number of hydrogen-bond donors (Lipinski definition) is 3. The third-order valence-electron chi connectivity index (χ3n) is 0.790. The SMILES string of the molecule is CC(C)C(=O)NOP(=O)(O)O. The van der Waals surface area contributed by atoms with Gasteiger partial charge in [0.1, 0.15) is 0 Å². The minimum atomic E-state index is -4.59. The van der Waals surface area contributed by atoms with Crippen molar-refractivity contribution in [3.05, 3.63) is 0 Å². The highest BCUT2D eigenvalue weighted by molar-refractivity contribution is 7.46. The van der Waals surface area contributed by atoms with E-state index in [0.29, 0.717) is 0 Å². The van der Waals surface area contributed by atoms with E-state index in [-0.39, 0.29) is 5.92 Å². The Labute approximate surface area is 63.8 Å². The summed E-state index contributed by atoms with van der Waals surface area (Å²) in [5, 5.41) is 0. The first kappa shape index (κ1) is 10.6. The van der Waals surface area contributed by atoms with Gasteiger partial charge in [-0.3, -0.25) is 4.79 Å². The molecule has 7 heteroatoms. The van der Waals surface area contributed by atoms with Gasteiger partial charge in [0.25, 0.3) is 0 Å². The van der Waals surface area contributed by atoms with Crippen LogP contribution in [0.15, 0.2) is 0 Å². The van der Waals surface area contributed by atoms with Gasteiger partial charge >= 0.3 is 7.82 Å². The second kappa shape index (κ2) is 3.82. The summed E-state index contributed by atoms with van der Waals surface area (Å²) < 4.78 is 13.7. The molecular formula is C4H10NO5P. The molecule has 0 aromatic carbocycles. The van der Waals surface area contributed by atoms with Crippen molar-refractivity contribution >= 4 is 13.7 Å². The van der Waals surface area contributed by atoms with Crippen LogP contribution in [0.5, 0.6) is 0 Å². The minimum absolute atomic E-state index is 0.374. The molecule has 66 valence electrons. The predicted octanol–water partition coefficient (Wildman–Crippen LogP) is -0.217. The van der Waals surface area contributed by atoms with E-state index in [1.807, 2.05) is 0 Å². The molecule has 0 saturated carbocycles. The van der Waals surface area contributed by atoms with E-state index >= 15 is 0 Å². The summed E-state index contributed by atoms with van der Waals surface area (Å²) in [5.41, 5.74) is 1.62. The van der Waals surface area contributed by atoms with Crippen molar-refractivity contribution in [2.45, 2.75) is 13.8 Å². The zero-order chi connectivity index (χ0) is 9.07. The van der Waals surface area contributed by atoms with E-state index < -0.39 is 13.7 Å². The zero-order valence-electron chi connectivity index (χ0n) is 6.14. The first-order valence-corrected chi connectivity index (χ1v) is 4.40. The third kappa shape index (κ3) is 6.00. The Kier molecular flexibility index (Phi) is 3.68. The number of amides is 1. The smallest absolute Gasteiger partial charge is 0.301 e. The molecule has 0 radical (unpaired) electrons. The molecule has 0 unspecified atom stereocenters. The van der Waals surface area contributed by atoms with E-state index in [0.717, 1.165) is 0 Å². The molecule has 0 bridgehead atoms. The van der Waals surface area contributed by atoms with Crippen LogP contribution >= 0.6 is 7.82 Å². The van der Waals surface area contributed by atoms with E-state index in [9.17, 15) is 9.36 Å². The Bertz CT molecular complexity index is 185. The number of nitrogens with one attached hydrogen (secondary N) is 1. The summed E-state index contributed by atoms with van der Waals surface area (Å²) in [6.45, 7) is 3.14. The van der Waals surface area contributed by atoms with Crippen molar-refractivity contribution in [1.29, 1.82) is 0 Å². The van der Waals surface area contributed by atoms with Crippen LogP contribution < -0.4 is 5.48 Å². The van der Waals surface area contributed by atoms with Gasteiger partial charge in [-0.05, 0) is 0 Å². The molecule has 0 aromatic rings. The number of rotatable bonds is 3. The Morgan fingerprint density at radius 3 is 2.27 bits per heavy atom. The Morgan fingerprint density at radius 1 is 1.55 bits per heavy atom. The summed E-state index contributed by atoms with van der Waals surface area (Å²) in [6.07, 6.45) is 0. The molecule has 0 aliphatic rings. The fourth-order valence-corrected chi connectivity index (χ4v) is 0.431. The van der Waals surface area contributed by atoms with Gasteiger partial charge in [-0.25, -0.2) is 10.0 Å². The fourth-order valence-electron chi connectivity index (χ4n) is 0.222. The number of hydrogen-bond acceptors (Lipinski definition) is 3. The van der Waals surface area contributed by atoms with Crippen LogP contribution in [0.4, 0.5) is 0 Å². The maximum absolute atomic E-state index is 10.6. The van der Waals surface area contributed by atoms with Crippen LogP contribution in [0.1, 0.15) is 13.8 Å². The number of carbonyl (C=O) groups excluding carboxylic acids is 1. The van der Waals surface area contributed by atoms with Gasteiger partial charge in [0.2, 0.25) is 5.91 Å². The highest BCUT2D eigenvalue weighted by atomic mass is 31.2. The molecule has 0 spiro atoms. The van der Waals surface area contributed by atoms with Gasteiger partial charge < -0.3 is 9.79 Å². The molecule has 0 aliphatic heterocycles. The lowest BCUT2D eigenvalue weighted by Gasteiger charge is -2.07. The zero-order valence-corrected chi connectivity index (χ0v) is 7.04. The van der Waals surface area contributed by atoms with Crippen molar-refractivity contribution in [2.75, 3.05) is 0 Å². The maximum Gasteiger partial charge on any atom is 0.491 e. The number of hydroxylamine groups is 1. The van der Waals surface area contributed by atoms with Crippen molar-refractivity contribution in [3.63, 3.8) is 0 Å². The molecule has 11 heavy (non-hydrogen) atoms. The molecule has 3 N–H and O–H groups in total. The van der Waals surface area contributed by atoms with Crippen molar-refractivity contribution < 1.29 is 23.8 Å². The van der Waals surface area contributed by atoms with Gasteiger partial charge in [-0.1, -0.05) is 13.8 Å². The molecular weight excluding hydrogens is 173 g/mol. The Balaban J connectivity index is 3.73. The van der Waals surface area contributed by atoms with E-state index in [1.54, 1.807) is 19.3 Å². The van der Waals surface area contributed by atoms with Gasteiger partial charge in [0.05, 0.1) is 0 Å². The van der Waals surface area contributed by atoms with Crippen LogP contribution in [0, 0.1) is 5.92 Å². The fraction of sp³-hybridized carbons (Fsp3) is 0.750. The van der Waals surface area contributed by atoms with Crippen LogP contribution in [0.25, 0.3) is 0 Å². The van der Waals surface area contributed by atoms with Crippen LogP contribution in [-0.2, 0) is 14.0 Å². The van der Waals surface area contributed by atoms with Crippen molar-refractivity contribution in [1.82, 2.24) is 5.48 Å². The van der Waals surface area contributed by atoms with Crippen LogP contribution in [0.3, 0.4) is 0 Å². The van der Waals surface area contributed by atoms with Gasteiger partial charge in [0, 0.05) is 5.92 Å². The van der Waals surface area contributed by atoms with E-state index in [1.165, 1.54) is 0 Å².